The second-order valence-electron chi connectivity index (χ2n) is 8.72. The highest BCUT2D eigenvalue weighted by molar-refractivity contribution is 5.97. The molecule has 186 valence electrons. The summed E-state index contributed by atoms with van der Waals surface area (Å²) >= 11 is 0. The van der Waals surface area contributed by atoms with Crippen molar-refractivity contribution in [1.82, 2.24) is 9.91 Å². The molecular formula is C29H31FN4O2. The van der Waals surface area contributed by atoms with Gasteiger partial charge in [-0.25, -0.2) is 4.39 Å². The molecule has 1 aliphatic carbocycles. The number of nitriles is 1. The number of amidine groups is 1. The third-order valence-corrected chi connectivity index (χ3v) is 5.93. The molecule has 0 radical (unpaired) electrons. The molecule has 0 fully saturated rings. The van der Waals surface area contributed by atoms with Gasteiger partial charge in [-0.1, -0.05) is 49.8 Å². The van der Waals surface area contributed by atoms with Crippen LogP contribution >= 0.6 is 0 Å². The van der Waals surface area contributed by atoms with Crippen molar-refractivity contribution in [3.05, 3.63) is 88.8 Å². The largest absolute Gasteiger partial charge is 0.297 e. The molecule has 36 heavy (non-hydrogen) atoms. The van der Waals surface area contributed by atoms with E-state index in [1.165, 1.54) is 29.3 Å². The van der Waals surface area contributed by atoms with Gasteiger partial charge in [0.25, 0.3) is 0 Å². The summed E-state index contributed by atoms with van der Waals surface area (Å²) in [5, 5.41) is 15.5. The number of halogens is 1. The third-order valence-electron chi connectivity index (χ3n) is 5.93. The van der Waals surface area contributed by atoms with Crippen LogP contribution < -0.4 is 0 Å². The number of nitrogens with zero attached hydrogens (tertiary/aromatic N) is 4. The van der Waals surface area contributed by atoms with Gasteiger partial charge in [0.15, 0.2) is 5.78 Å². The van der Waals surface area contributed by atoms with Crippen LogP contribution in [-0.2, 0) is 11.3 Å². The molecule has 6 nitrogen and oxygen atoms in total. The molecule has 2 aromatic carbocycles. The first-order valence-electron chi connectivity index (χ1n) is 12.1. The second kappa shape index (κ2) is 13.1. The standard InChI is InChI=1S/C29H31FN4O2/c1-3-4-9-29(32-33(2)20-28(36)24-14-16-26(30)17-15-24)34(21-35)19-22-10-12-23(13-11-22)27-8-6-5-7-25(27)18-31/h7-8,10-17,21H,3-6,9,19-20H2,1-2H3/b32-29-. The lowest BCUT2D eigenvalue weighted by Gasteiger charge is -2.23. The van der Waals surface area contributed by atoms with Gasteiger partial charge in [0.05, 0.1) is 24.7 Å². The van der Waals surface area contributed by atoms with E-state index in [1.54, 1.807) is 11.9 Å². The van der Waals surface area contributed by atoms with Crippen molar-refractivity contribution in [2.75, 3.05) is 13.6 Å². The Morgan fingerprint density at radius 2 is 1.81 bits per heavy atom. The topological polar surface area (TPSA) is 76.8 Å². The van der Waals surface area contributed by atoms with E-state index in [-0.39, 0.29) is 12.3 Å². The molecule has 0 saturated carbocycles. The van der Waals surface area contributed by atoms with Crippen LogP contribution in [0.15, 0.2) is 71.4 Å². The second-order valence-corrected chi connectivity index (χ2v) is 8.72. The third kappa shape index (κ3) is 7.22. The highest BCUT2D eigenvalue weighted by atomic mass is 19.1. The molecule has 0 heterocycles. The minimum absolute atomic E-state index is 0.00646. The normalized spacial score (nSPS) is 13.3. The van der Waals surface area contributed by atoms with E-state index in [4.69, 9.17) is 0 Å². The summed E-state index contributed by atoms with van der Waals surface area (Å²) in [4.78, 5) is 26.2. The number of allylic oxidation sites excluding steroid dienone is 4. The minimum Gasteiger partial charge on any atom is -0.297 e. The molecule has 0 saturated heterocycles. The average Bonchev–Trinajstić information content (AvgIpc) is 2.90. The number of hydrazone groups is 1. The number of hydrogen-bond acceptors (Lipinski definition) is 5. The van der Waals surface area contributed by atoms with Gasteiger partial charge in [-0.2, -0.15) is 10.4 Å². The number of ketones is 1. The molecule has 0 atom stereocenters. The zero-order valence-corrected chi connectivity index (χ0v) is 20.8. The Hall–Kier alpha value is -4.05. The van der Waals surface area contributed by atoms with Crippen molar-refractivity contribution in [3.8, 4) is 6.07 Å². The molecule has 0 N–H and O–H groups in total. The van der Waals surface area contributed by atoms with Crippen LogP contribution in [0.25, 0.3) is 5.57 Å². The summed E-state index contributed by atoms with van der Waals surface area (Å²) in [6.07, 6.45) is 8.97. The van der Waals surface area contributed by atoms with E-state index in [2.05, 4.69) is 24.2 Å². The average molecular weight is 487 g/mol. The van der Waals surface area contributed by atoms with Crippen molar-refractivity contribution >= 4 is 23.6 Å². The predicted octanol–water partition coefficient (Wildman–Crippen LogP) is 5.73. The summed E-state index contributed by atoms with van der Waals surface area (Å²) in [6, 6.07) is 15.5. The molecule has 1 amide bonds. The van der Waals surface area contributed by atoms with Gasteiger partial charge in [0.2, 0.25) is 6.41 Å². The van der Waals surface area contributed by atoms with Gasteiger partial charge in [0, 0.05) is 19.0 Å². The first-order chi connectivity index (χ1) is 17.4. The molecular weight excluding hydrogens is 455 g/mol. The van der Waals surface area contributed by atoms with Crippen molar-refractivity contribution < 1.29 is 14.0 Å². The number of hydrogen-bond donors (Lipinski definition) is 0. The summed E-state index contributed by atoms with van der Waals surface area (Å²) < 4.78 is 13.2. The van der Waals surface area contributed by atoms with E-state index < -0.39 is 5.82 Å². The van der Waals surface area contributed by atoms with Crippen LogP contribution in [0, 0.1) is 17.1 Å². The molecule has 2 aromatic rings. The number of unbranched alkanes of at least 4 members (excludes halogenated alkanes) is 1. The Bertz CT molecular complexity index is 1190. The van der Waals surface area contributed by atoms with E-state index in [9.17, 15) is 19.2 Å². The van der Waals surface area contributed by atoms with Crippen LogP contribution in [-0.4, -0.2) is 41.5 Å². The lowest BCUT2D eigenvalue weighted by Crippen LogP contribution is -2.32. The fraction of sp³-hybridized carbons (Fsp3) is 0.310. The van der Waals surface area contributed by atoms with Crippen LogP contribution in [0.3, 0.4) is 0 Å². The Morgan fingerprint density at radius 3 is 2.44 bits per heavy atom. The summed E-state index contributed by atoms with van der Waals surface area (Å²) in [5.74, 6) is -0.00553. The molecule has 0 unspecified atom stereocenters. The Kier molecular flexibility index (Phi) is 9.70. The molecule has 0 aromatic heterocycles. The SMILES string of the molecule is CCCC/C(=N/N(C)CC(=O)c1ccc(F)cc1)N(C=O)Cc1ccc(C2=CCCC=C2C#N)cc1. The zero-order valence-electron chi connectivity index (χ0n) is 20.8. The predicted molar refractivity (Wildman–Crippen MR) is 139 cm³/mol. The van der Waals surface area contributed by atoms with Crippen LogP contribution in [0.2, 0.25) is 0 Å². The van der Waals surface area contributed by atoms with Crippen LogP contribution in [0.5, 0.6) is 0 Å². The molecule has 7 heteroatoms. The van der Waals surface area contributed by atoms with Gasteiger partial charge >= 0.3 is 0 Å². The van der Waals surface area contributed by atoms with Crippen molar-refractivity contribution in [2.24, 2.45) is 5.10 Å². The quantitative estimate of drug-likeness (QED) is 0.134. The summed E-state index contributed by atoms with van der Waals surface area (Å²) in [6.45, 7) is 2.41. The summed E-state index contributed by atoms with van der Waals surface area (Å²) in [7, 11) is 1.68. The molecule has 0 aliphatic heterocycles. The van der Waals surface area contributed by atoms with E-state index >= 15 is 0 Å². The van der Waals surface area contributed by atoms with E-state index in [0.717, 1.165) is 48.8 Å². The maximum Gasteiger partial charge on any atom is 0.215 e. The molecule has 3 rings (SSSR count). The smallest absolute Gasteiger partial charge is 0.215 e. The highest BCUT2D eigenvalue weighted by Gasteiger charge is 2.16. The van der Waals surface area contributed by atoms with Crippen molar-refractivity contribution in [1.29, 1.82) is 5.26 Å². The number of carbonyl (C=O) groups excluding carboxylic acids is 2. The number of likely N-dealkylation sites (N-methyl/N-ethyl adjacent to an activating group) is 1. The fourth-order valence-electron chi connectivity index (χ4n) is 3.98. The number of amides is 1. The van der Waals surface area contributed by atoms with Gasteiger partial charge in [-0.15, -0.1) is 0 Å². The molecule has 0 bridgehead atoms. The zero-order chi connectivity index (χ0) is 25.9. The number of carbonyl (C=O) groups is 2. The minimum atomic E-state index is -0.396. The van der Waals surface area contributed by atoms with Crippen molar-refractivity contribution in [2.45, 2.75) is 45.6 Å². The summed E-state index contributed by atoms with van der Waals surface area (Å²) in [5.41, 5.74) is 3.95. The van der Waals surface area contributed by atoms with Gasteiger partial charge in [-0.3, -0.25) is 19.5 Å². The number of benzene rings is 2. The van der Waals surface area contributed by atoms with E-state index in [0.29, 0.717) is 29.9 Å². The Balaban J connectivity index is 1.73. The van der Waals surface area contributed by atoms with Gasteiger partial charge in [0.1, 0.15) is 11.7 Å². The van der Waals surface area contributed by atoms with Crippen LogP contribution in [0.4, 0.5) is 4.39 Å². The Labute approximate surface area is 212 Å². The number of Topliss-reactive ketones (excluding diaryl/α,β-unsaturated/α-hetero) is 1. The lowest BCUT2D eigenvalue weighted by atomic mass is 9.92. The maximum absolute atomic E-state index is 13.2. The number of rotatable bonds is 11. The first-order valence-corrected chi connectivity index (χ1v) is 12.1. The first kappa shape index (κ1) is 26.6. The highest BCUT2D eigenvalue weighted by Crippen LogP contribution is 2.28. The van der Waals surface area contributed by atoms with Gasteiger partial charge < -0.3 is 0 Å². The monoisotopic (exact) mass is 486 g/mol. The maximum atomic E-state index is 13.2. The van der Waals surface area contributed by atoms with Crippen LogP contribution in [0.1, 0.15) is 60.5 Å². The lowest BCUT2D eigenvalue weighted by molar-refractivity contribution is -0.115. The Morgan fingerprint density at radius 1 is 1.11 bits per heavy atom. The van der Waals surface area contributed by atoms with E-state index in [1.807, 2.05) is 30.3 Å². The van der Waals surface area contributed by atoms with Gasteiger partial charge in [-0.05, 0) is 60.2 Å². The molecule has 0 spiro atoms. The van der Waals surface area contributed by atoms with Crippen molar-refractivity contribution in [3.63, 3.8) is 0 Å². The molecule has 1 aliphatic rings. The fourth-order valence-corrected chi connectivity index (χ4v) is 3.98.